The molecule has 0 radical (unpaired) electrons. The van der Waals surface area contributed by atoms with Crippen LogP contribution in [0.15, 0.2) is 30.5 Å². The second kappa shape index (κ2) is 8.58. The molecule has 0 spiro atoms. The molecule has 0 bridgehead atoms. The van der Waals surface area contributed by atoms with Crippen LogP contribution in [0.3, 0.4) is 0 Å². The standard InChI is InChI=1S/C18H22ClN3O3/c1-11(2)9-20-12-5-6-14(21-10-12)18(23)22-15-8-16(24-3)13(19)7-17(15)25-4/h5-8,10-11,20H,9H2,1-4H3,(H,22,23). The molecule has 0 aliphatic rings. The topological polar surface area (TPSA) is 72.5 Å². The first kappa shape index (κ1) is 18.9. The number of hydrogen-bond acceptors (Lipinski definition) is 5. The number of amides is 1. The number of ether oxygens (including phenoxy) is 2. The normalized spacial score (nSPS) is 10.5. The van der Waals surface area contributed by atoms with E-state index in [-0.39, 0.29) is 5.91 Å². The minimum Gasteiger partial charge on any atom is -0.495 e. The highest BCUT2D eigenvalue weighted by Gasteiger charge is 2.14. The fourth-order valence-electron chi connectivity index (χ4n) is 2.10. The summed E-state index contributed by atoms with van der Waals surface area (Å²) in [5, 5.41) is 6.42. The van der Waals surface area contributed by atoms with Crippen molar-refractivity contribution in [3.8, 4) is 11.5 Å². The summed E-state index contributed by atoms with van der Waals surface area (Å²) >= 11 is 6.07. The van der Waals surface area contributed by atoms with Gasteiger partial charge in [0.05, 0.1) is 36.8 Å². The Morgan fingerprint density at radius 3 is 2.48 bits per heavy atom. The van der Waals surface area contributed by atoms with Crippen LogP contribution in [0.5, 0.6) is 11.5 Å². The minimum atomic E-state index is -0.349. The molecule has 2 rings (SSSR count). The fraction of sp³-hybridized carbons (Fsp3) is 0.333. The molecule has 1 heterocycles. The number of nitrogens with zero attached hydrogens (tertiary/aromatic N) is 1. The van der Waals surface area contributed by atoms with Crippen LogP contribution in [0.1, 0.15) is 24.3 Å². The third-order valence-corrected chi connectivity index (χ3v) is 3.73. The summed E-state index contributed by atoms with van der Waals surface area (Å²) in [4.78, 5) is 16.6. The smallest absolute Gasteiger partial charge is 0.274 e. The van der Waals surface area contributed by atoms with Crippen LogP contribution in [0.4, 0.5) is 11.4 Å². The molecule has 25 heavy (non-hydrogen) atoms. The summed E-state index contributed by atoms with van der Waals surface area (Å²) in [5.41, 5.74) is 1.62. The van der Waals surface area contributed by atoms with Gasteiger partial charge in [0, 0.05) is 18.7 Å². The summed E-state index contributed by atoms with van der Waals surface area (Å²) < 4.78 is 10.4. The maximum Gasteiger partial charge on any atom is 0.274 e. The molecule has 1 amide bonds. The zero-order valence-electron chi connectivity index (χ0n) is 14.7. The average molecular weight is 364 g/mol. The number of hydrogen-bond donors (Lipinski definition) is 2. The van der Waals surface area contributed by atoms with Crippen molar-refractivity contribution in [2.24, 2.45) is 5.92 Å². The Hall–Kier alpha value is -2.47. The molecule has 1 aromatic heterocycles. The van der Waals surface area contributed by atoms with Crippen LogP contribution in [-0.4, -0.2) is 31.7 Å². The molecule has 7 heteroatoms. The van der Waals surface area contributed by atoms with E-state index >= 15 is 0 Å². The van der Waals surface area contributed by atoms with E-state index < -0.39 is 0 Å². The lowest BCUT2D eigenvalue weighted by molar-refractivity contribution is 0.102. The van der Waals surface area contributed by atoms with Crippen LogP contribution >= 0.6 is 11.6 Å². The van der Waals surface area contributed by atoms with Crippen molar-refractivity contribution < 1.29 is 14.3 Å². The number of anilines is 2. The fourth-order valence-corrected chi connectivity index (χ4v) is 2.33. The molecule has 134 valence electrons. The van der Waals surface area contributed by atoms with Gasteiger partial charge in [-0.3, -0.25) is 4.79 Å². The van der Waals surface area contributed by atoms with Crippen molar-refractivity contribution in [2.75, 3.05) is 31.4 Å². The van der Waals surface area contributed by atoms with Crippen molar-refractivity contribution in [3.05, 3.63) is 41.2 Å². The van der Waals surface area contributed by atoms with E-state index in [1.54, 1.807) is 24.4 Å². The SMILES string of the molecule is COc1cc(NC(=O)c2ccc(NCC(C)C)cn2)c(OC)cc1Cl. The average Bonchev–Trinajstić information content (AvgIpc) is 2.61. The Morgan fingerprint density at radius 2 is 1.92 bits per heavy atom. The highest BCUT2D eigenvalue weighted by molar-refractivity contribution is 6.32. The first-order valence-corrected chi connectivity index (χ1v) is 8.25. The number of benzene rings is 1. The van der Waals surface area contributed by atoms with Crippen molar-refractivity contribution in [3.63, 3.8) is 0 Å². The molecule has 0 aliphatic carbocycles. The Kier molecular flexibility index (Phi) is 6.47. The zero-order chi connectivity index (χ0) is 18.4. The lowest BCUT2D eigenvalue weighted by Gasteiger charge is -2.13. The Bertz CT molecular complexity index is 733. The quantitative estimate of drug-likeness (QED) is 0.775. The molecule has 6 nitrogen and oxygen atoms in total. The molecule has 1 aromatic carbocycles. The highest BCUT2D eigenvalue weighted by atomic mass is 35.5. The number of aromatic nitrogens is 1. The van der Waals surface area contributed by atoms with E-state index in [1.807, 2.05) is 6.07 Å². The van der Waals surface area contributed by atoms with Crippen LogP contribution in [-0.2, 0) is 0 Å². The van der Waals surface area contributed by atoms with E-state index in [1.165, 1.54) is 14.2 Å². The van der Waals surface area contributed by atoms with Gasteiger partial charge in [0.2, 0.25) is 0 Å². The second-order valence-corrected chi connectivity index (χ2v) is 6.26. The number of rotatable bonds is 7. The van der Waals surface area contributed by atoms with Crippen molar-refractivity contribution in [2.45, 2.75) is 13.8 Å². The van der Waals surface area contributed by atoms with E-state index in [9.17, 15) is 4.79 Å². The van der Waals surface area contributed by atoms with Gasteiger partial charge in [-0.25, -0.2) is 4.98 Å². The third kappa shape index (κ3) is 5.00. The van der Waals surface area contributed by atoms with Gasteiger partial charge in [-0.05, 0) is 18.1 Å². The first-order chi connectivity index (χ1) is 11.9. The van der Waals surface area contributed by atoms with Gasteiger partial charge in [0.25, 0.3) is 5.91 Å². The molecule has 0 aliphatic heterocycles. The Morgan fingerprint density at radius 1 is 1.20 bits per heavy atom. The molecular formula is C18H22ClN3O3. The molecule has 0 saturated heterocycles. The summed E-state index contributed by atoms with van der Waals surface area (Å²) in [5.74, 6) is 1.06. The Labute approximate surface area is 152 Å². The lowest BCUT2D eigenvalue weighted by Crippen LogP contribution is -2.15. The van der Waals surface area contributed by atoms with Gasteiger partial charge < -0.3 is 20.1 Å². The summed E-state index contributed by atoms with van der Waals surface area (Å²) in [6.45, 7) is 5.08. The number of halogens is 1. The maximum atomic E-state index is 12.4. The van der Waals surface area contributed by atoms with E-state index in [0.717, 1.165) is 12.2 Å². The molecule has 0 saturated carbocycles. The van der Waals surface area contributed by atoms with Gasteiger partial charge >= 0.3 is 0 Å². The minimum absolute atomic E-state index is 0.297. The largest absolute Gasteiger partial charge is 0.495 e. The number of pyridine rings is 1. The van der Waals surface area contributed by atoms with Crippen LogP contribution in [0.25, 0.3) is 0 Å². The summed E-state index contributed by atoms with van der Waals surface area (Å²) in [7, 11) is 3.00. The summed E-state index contributed by atoms with van der Waals surface area (Å²) in [6.07, 6.45) is 1.64. The highest BCUT2D eigenvalue weighted by Crippen LogP contribution is 2.36. The van der Waals surface area contributed by atoms with Gasteiger partial charge in [0.15, 0.2) is 0 Å². The molecular weight excluding hydrogens is 342 g/mol. The second-order valence-electron chi connectivity index (χ2n) is 5.85. The van der Waals surface area contributed by atoms with Crippen molar-refractivity contribution >= 4 is 28.9 Å². The maximum absolute atomic E-state index is 12.4. The van der Waals surface area contributed by atoms with Crippen molar-refractivity contribution in [1.82, 2.24) is 4.98 Å². The van der Waals surface area contributed by atoms with Gasteiger partial charge in [-0.2, -0.15) is 0 Å². The summed E-state index contributed by atoms with van der Waals surface area (Å²) in [6, 6.07) is 6.68. The van der Waals surface area contributed by atoms with E-state index in [4.69, 9.17) is 21.1 Å². The molecule has 2 aromatic rings. The van der Waals surface area contributed by atoms with E-state index in [2.05, 4.69) is 29.5 Å². The molecule has 0 fully saturated rings. The predicted molar refractivity (Wildman–Crippen MR) is 100 cm³/mol. The number of carbonyl (C=O) groups is 1. The number of carbonyl (C=O) groups excluding carboxylic acids is 1. The van der Waals surface area contributed by atoms with Crippen LogP contribution in [0, 0.1) is 5.92 Å². The molecule has 0 atom stereocenters. The van der Waals surface area contributed by atoms with Crippen LogP contribution in [0.2, 0.25) is 5.02 Å². The van der Waals surface area contributed by atoms with Gasteiger partial charge in [0.1, 0.15) is 17.2 Å². The predicted octanol–water partition coefficient (Wildman–Crippen LogP) is 4.07. The monoisotopic (exact) mass is 363 g/mol. The van der Waals surface area contributed by atoms with E-state index in [0.29, 0.717) is 33.8 Å². The van der Waals surface area contributed by atoms with Crippen molar-refractivity contribution in [1.29, 1.82) is 0 Å². The number of methoxy groups -OCH3 is 2. The lowest BCUT2D eigenvalue weighted by atomic mass is 10.2. The molecule has 0 unspecified atom stereocenters. The number of nitrogens with one attached hydrogen (secondary N) is 2. The third-order valence-electron chi connectivity index (χ3n) is 3.43. The van der Waals surface area contributed by atoms with Gasteiger partial charge in [-0.15, -0.1) is 0 Å². The molecule has 2 N–H and O–H groups in total. The van der Waals surface area contributed by atoms with Crippen LogP contribution < -0.4 is 20.1 Å². The zero-order valence-corrected chi connectivity index (χ0v) is 15.5. The Balaban J connectivity index is 2.14. The van der Waals surface area contributed by atoms with Gasteiger partial charge in [-0.1, -0.05) is 25.4 Å². The first-order valence-electron chi connectivity index (χ1n) is 7.87.